The third-order valence-electron chi connectivity index (χ3n) is 5.86. The number of hydrogen-bond donors (Lipinski definition) is 1. The van der Waals surface area contributed by atoms with Crippen molar-refractivity contribution in [2.24, 2.45) is 0 Å². The maximum Gasteiger partial charge on any atom is 0.0840 e. The molecule has 0 aliphatic heterocycles. The van der Waals surface area contributed by atoms with Crippen molar-refractivity contribution in [1.29, 1.82) is 0 Å². The lowest BCUT2D eigenvalue weighted by Gasteiger charge is -2.17. The Morgan fingerprint density at radius 3 is 2.70 bits per heavy atom. The van der Waals surface area contributed by atoms with Gasteiger partial charge in [0.25, 0.3) is 0 Å². The summed E-state index contributed by atoms with van der Waals surface area (Å²) in [6.45, 7) is 13.3. The minimum Gasteiger partial charge on any atom is -0.392 e. The zero-order valence-electron chi connectivity index (χ0n) is 20.2. The van der Waals surface area contributed by atoms with Crippen molar-refractivity contribution in [2.75, 3.05) is 0 Å². The highest BCUT2D eigenvalue weighted by Gasteiger charge is 2.24. The predicted molar refractivity (Wildman–Crippen MR) is 144 cm³/mol. The second kappa shape index (κ2) is 11.9. The first-order valence-corrected chi connectivity index (χ1v) is 12.4. The van der Waals surface area contributed by atoms with Crippen molar-refractivity contribution >= 4 is 17.3 Å². The van der Waals surface area contributed by atoms with Gasteiger partial charge in [-0.25, -0.2) is 0 Å². The molecule has 1 aromatic carbocycles. The van der Waals surface area contributed by atoms with E-state index in [1.165, 1.54) is 32.2 Å². The molecule has 1 aliphatic rings. The van der Waals surface area contributed by atoms with Crippen LogP contribution in [0.2, 0.25) is 0 Å². The van der Waals surface area contributed by atoms with Gasteiger partial charge in [0.15, 0.2) is 0 Å². The van der Waals surface area contributed by atoms with Gasteiger partial charge in [0.05, 0.1) is 11.6 Å². The number of aliphatic hydroxyl groups is 1. The summed E-state index contributed by atoms with van der Waals surface area (Å²) in [4.78, 5) is 1.23. The Bertz CT molecular complexity index is 1140. The van der Waals surface area contributed by atoms with Crippen LogP contribution in [-0.2, 0) is 13.2 Å². The van der Waals surface area contributed by atoms with Crippen LogP contribution in [-0.4, -0.2) is 9.67 Å². The number of rotatable bonds is 9. The highest BCUT2D eigenvalue weighted by molar-refractivity contribution is 7.99. The molecule has 0 bridgehead atoms. The number of nitrogens with zero attached hydrogens (tertiary/aromatic N) is 1. The second-order valence-corrected chi connectivity index (χ2v) is 9.50. The Morgan fingerprint density at radius 1 is 1.21 bits per heavy atom. The molecular weight excluding hydrogens is 422 g/mol. The molecule has 0 radical (unpaired) electrons. The molecule has 0 unspecified atom stereocenters. The van der Waals surface area contributed by atoms with Gasteiger partial charge in [-0.15, -0.1) is 0 Å². The Morgan fingerprint density at radius 2 is 2.00 bits per heavy atom. The fraction of sp³-hybridized carbons (Fsp3) is 0.267. The molecule has 1 heterocycles. The van der Waals surface area contributed by atoms with Crippen LogP contribution in [0.3, 0.4) is 0 Å². The molecule has 0 amide bonds. The van der Waals surface area contributed by atoms with Gasteiger partial charge in [0.1, 0.15) is 0 Å². The normalized spacial score (nSPS) is 14.2. The number of aromatic nitrogens is 1. The quantitative estimate of drug-likeness (QED) is 0.384. The van der Waals surface area contributed by atoms with Crippen LogP contribution in [0.5, 0.6) is 0 Å². The highest BCUT2D eigenvalue weighted by Crippen LogP contribution is 2.42. The highest BCUT2D eigenvalue weighted by atomic mass is 32.2. The van der Waals surface area contributed by atoms with Crippen molar-refractivity contribution in [1.82, 2.24) is 4.57 Å². The monoisotopic (exact) mass is 457 g/mol. The van der Waals surface area contributed by atoms with E-state index in [9.17, 15) is 5.11 Å². The zero-order valence-corrected chi connectivity index (χ0v) is 21.0. The molecule has 1 aliphatic carbocycles. The van der Waals surface area contributed by atoms with E-state index in [2.05, 4.69) is 105 Å². The summed E-state index contributed by atoms with van der Waals surface area (Å²) in [6.07, 6.45) is 19.7. The van der Waals surface area contributed by atoms with Gasteiger partial charge in [0, 0.05) is 22.7 Å². The third kappa shape index (κ3) is 5.79. The summed E-state index contributed by atoms with van der Waals surface area (Å²) in [5, 5.41) is 11.5. The smallest absolute Gasteiger partial charge is 0.0840 e. The van der Waals surface area contributed by atoms with Crippen molar-refractivity contribution in [2.45, 2.75) is 63.1 Å². The zero-order chi connectivity index (χ0) is 23.8. The lowest BCUT2D eigenvalue weighted by atomic mass is 10.0. The molecule has 3 rings (SSSR count). The van der Waals surface area contributed by atoms with Crippen molar-refractivity contribution in [3.05, 3.63) is 113 Å². The van der Waals surface area contributed by atoms with Gasteiger partial charge in [-0.3, -0.25) is 0 Å². The van der Waals surface area contributed by atoms with Gasteiger partial charge >= 0.3 is 0 Å². The molecule has 1 N–H and O–H groups in total. The first kappa shape index (κ1) is 24.9. The molecule has 0 atom stereocenters. The summed E-state index contributed by atoms with van der Waals surface area (Å²) in [6, 6.07) is 8.65. The predicted octanol–water partition coefficient (Wildman–Crippen LogP) is 8.15. The minimum absolute atomic E-state index is 0.0480. The number of aliphatic hydroxyl groups excluding tert-OH is 1. The molecule has 2 nitrogen and oxygen atoms in total. The molecule has 1 aromatic heterocycles. The van der Waals surface area contributed by atoms with E-state index in [1.807, 2.05) is 24.8 Å². The third-order valence-corrected chi connectivity index (χ3v) is 7.07. The van der Waals surface area contributed by atoms with Crippen LogP contribution in [0.15, 0.2) is 101 Å². The maximum atomic E-state index is 10.3. The molecule has 3 heteroatoms. The molecule has 0 spiro atoms. The Hall–Kier alpha value is -2.75. The fourth-order valence-electron chi connectivity index (χ4n) is 4.29. The Labute approximate surface area is 203 Å². The van der Waals surface area contributed by atoms with Gasteiger partial charge < -0.3 is 9.67 Å². The molecular formula is C30H35NOS. The summed E-state index contributed by atoms with van der Waals surface area (Å²) < 4.78 is 2.36. The average Bonchev–Trinajstić information content (AvgIpc) is 2.96. The van der Waals surface area contributed by atoms with Gasteiger partial charge in [-0.1, -0.05) is 105 Å². The first-order chi connectivity index (χ1) is 16.0. The second-order valence-electron chi connectivity index (χ2n) is 8.47. The SMILES string of the molecule is C=C/C=C(\C=C/C)Cn1c(C)c(CO)c(C(C)C)c1Sc1ccccc1C1=CC=CC=CC1. The molecule has 33 heavy (non-hydrogen) atoms. The van der Waals surface area contributed by atoms with E-state index in [1.54, 1.807) is 0 Å². The Balaban J connectivity index is 2.16. The summed E-state index contributed by atoms with van der Waals surface area (Å²) in [5.41, 5.74) is 7.17. The molecule has 0 saturated heterocycles. The van der Waals surface area contributed by atoms with Gasteiger partial charge in [0.2, 0.25) is 0 Å². The maximum absolute atomic E-state index is 10.3. The van der Waals surface area contributed by atoms with Crippen LogP contribution in [0.25, 0.3) is 5.57 Å². The van der Waals surface area contributed by atoms with E-state index in [0.717, 1.165) is 24.2 Å². The van der Waals surface area contributed by atoms with Gasteiger partial charge in [-0.2, -0.15) is 0 Å². The van der Waals surface area contributed by atoms with Crippen molar-refractivity contribution in [3.8, 4) is 0 Å². The van der Waals surface area contributed by atoms with Crippen LogP contribution < -0.4 is 0 Å². The molecule has 0 saturated carbocycles. The van der Waals surface area contributed by atoms with E-state index in [0.29, 0.717) is 5.92 Å². The lowest BCUT2D eigenvalue weighted by molar-refractivity contribution is 0.279. The Kier molecular flexibility index (Phi) is 8.99. The summed E-state index contributed by atoms with van der Waals surface area (Å²) in [5.74, 6) is 0.304. The molecule has 2 aromatic rings. The van der Waals surface area contributed by atoms with Crippen molar-refractivity contribution in [3.63, 3.8) is 0 Å². The summed E-state index contributed by atoms with van der Waals surface area (Å²) >= 11 is 1.81. The molecule has 172 valence electrons. The fourth-order valence-corrected chi connectivity index (χ4v) is 5.74. The van der Waals surface area contributed by atoms with Crippen molar-refractivity contribution < 1.29 is 5.11 Å². The number of benzene rings is 1. The standard InChI is InChI=1S/C30H35NOS/c1-6-14-24(15-7-2)20-31-23(5)27(21-32)29(22(3)4)30(31)33-28-19-13-12-18-26(28)25-16-10-8-9-11-17-25/h6-16,18-19,22,32H,1,17,20-21H2,2-5H3/b15-7-,24-14+. The van der Waals surface area contributed by atoms with E-state index in [4.69, 9.17) is 0 Å². The van der Waals surface area contributed by atoms with Crippen LogP contribution in [0, 0.1) is 6.92 Å². The lowest BCUT2D eigenvalue weighted by Crippen LogP contribution is -2.05. The number of allylic oxidation sites excluding steroid dienone is 11. The number of hydrogen-bond acceptors (Lipinski definition) is 2. The largest absolute Gasteiger partial charge is 0.392 e. The first-order valence-electron chi connectivity index (χ1n) is 11.6. The average molecular weight is 458 g/mol. The van der Waals surface area contributed by atoms with Crippen LogP contribution >= 0.6 is 11.8 Å². The van der Waals surface area contributed by atoms with E-state index >= 15 is 0 Å². The molecule has 0 fully saturated rings. The van der Waals surface area contributed by atoms with Crippen LogP contribution in [0.1, 0.15) is 55.5 Å². The van der Waals surface area contributed by atoms with Gasteiger partial charge in [-0.05, 0) is 54.5 Å². The van der Waals surface area contributed by atoms with Crippen LogP contribution in [0.4, 0.5) is 0 Å². The topological polar surface area (TPSA) is 25.2 Å². The summed E-state index contributed by atoms with van der Waals surface area (Å²) in [7, 11) is 0. The minimum atomic E-state index is 0.0480. The van der Waals surface area contributed by atoms with E-state index in [-0.39, 0.29) is 6.61 Å². The van der Waals surface area contributed by atoms with E-state index < -0.39 is 0 Å².